The first kappa shape index (κ1) is 11.4. The van der Waals surface area contributed by atoms with Crippen molar-refractivity contribution < 1.29 is 4.74 Å². The number of nitrogens with two attached hydrogens (primary N) is 1. The summed E-state index contributed by atoms with van der Waals surface area (Å²) in [5, 5.41) is 0. The van der Waals surface area contributed by atoms with Gasteiger partial charge in [0.2, 0.25) is 0 Å². The Hall–Kier alpha value is -1.09. The second-order valence-electron chi connectivity index (χ2n) is 4.39. The average Bonchev–Trinajstić information content (AvgIpc) is 2.30. The lowest BCUT2D eigenvalue weighted by Crippen LogP contribution is -2.22. The Kier molecular flexibility index (Phi) is 3.78. The van der Waals surface area contributed by atoms with Gasteiger partial charge in [0, 0.05) is 12.1 Å². The molecule has 3 heteroatoms. The Morgan fingerprint density at radius 1 is 1.44 bits per heavy atom. The Bertz CT molecular complexity index is 352. The molecule has 88 valence electrons. The highest BCUT2D eigenvalue weighted by Crippen LogP contribution is 2.28. The van der Waals surface area contributed by atoms with Crippen LogP contribution in [0.5, 0.6) is 5.75 Å². The Morgan fingerprint density at radius 3 is 3.12 bits per heavy atom. The molecular weight excluding hydrogens is 200 g/mol. The minimum Gasteiger partial charge on any atom is -0.492 e. The number of pyridine rings is 1. The van der Waals surface area contributed by atoms with Gasteiger partial charge in [0.1, 0.15) is 5.75 Å². The van der Waals surface area contributed by atoms with Crippen molar-refractivity contribution in [2.75, 3.05) is 6.61 Å². The Balaban J connectivity index is 2.08. The van der Waals surface area contributed by atoms with Gasteiger partial charge in [-0.1, -0.05) is 19.8 Å². The van der Waals surface area contributed by atoms with Gasteiger partial charge in [0.05, 0.1) is 18.3 Å². The second kappa shape index (κ2) is 5.30. The molecule has 0 fully saturated rings. The smallest absolute Gasteiger partial charge is 0.142 e. The number of aromatic nitrogens is 1. The molecule has 1 atom stereocenters. The molecule has 0 aromatic carbocycles. The monoisotopic (exact) mass is 220 g/mol. The molecule has 1 aromatic rings. The van der Waals surface area contributed by atoms with Crippen LogP contribution in [-0.2, 0) is 6.42 Å². The molecule has 2 rings (SSSR count). The lowest BCUT2D eigenvalue weighted by molar-refractivity contribution is 0.264. The standard InChI is InChI=1S/C13H20N2O/c1-2-3-4-5-10-6-7-12-13(15-10)11(14)8-9-16-12/h6-7,11H,2-5,8-9,14H2,1H3. The van der Waals surface area contributed by atoms with Crippen LogP contribution in [0.2, 0.25) is 0 Å². The maximum atomic E-state index is 6.03. The summed E-state index contributed by atoms with van der Waals surface area (Å²) in [5.41, 5.74) is 8.12. The van der Waals surface area contributed by atoms with Gasteiger partial charge >= 0.3 is 0 Å². The molecule has 1 aliphatic rings. The van der Waals surface area contributed by atoms with Crippen LogP contribution in [-0.4, -0.2) is 11.6 Å². The molecule has 2 heterocycles. The molecule has 1 aliphatic heterocycles. The zero-order valence-electron chi connectivity index (χ0n) is 9.91. The van der Waals surface area contributed by atoms with Crippen molar-refractivity contribution in [3.05, 3.63) is 23.5 Å². The van der Waals surface area contributed by atoms with E-state index in [4.69, 9.17) is 10.5 Å². The third-order valence-electron chi connectivity index (χ3n) is 3.02. The molecule has 1 aromatic heterocycles. The van der Waals surface area contributed by atoms with Gasteiger partial charge in [-0.05, 0) is 25.0 Å². The lowest BCUT2D eigenvalue weighted by Gasteiger charge is -2.22. The molecule has 0 saturated carbocycles. The van der Waals surface area contributed by atoms with Gasteiger partial charge in [-0.25, -0.2) is 0 Å². The van der Waals surface area contributed by atoms with Crippen LogP contribution in [0, 0.1) is 0 Å². The molecule has 3 nitrogen and oxygen atoms in total. The minimum absolute atomic E-state index is 0.0508. The number of unbranched alkanes of at least 4 members (excludes halogenated alkanes) is 2. The third kappa shape index (κ3) is 2.53. The largest absolute Gasteiger partial charge is 0.492 e. The van der Waals surface area contributed by atoms with E-state index < -0.39 is 0 Å². The Labute approximate surface area is 97.0 Å². The fourth-order valence-electron chi connectivity index (χ4n) is 2.02. The quantitative estimate of drug-likeness (QED) is 0.793. The number of rotatable bonds is 4. The first-order valence-corrected chi connectivity index (χ1v) is 6.19. The molecule has 1 unspecified atom stereocenters. The molecule has 0 amide bonds. The molecule has 0 saturated heterocycles. The summed E-state index contributed by atoms with van der Waals surface area (Å²) in [6, 6.07) is 4.13. The van der Waals surface area contributed by atoms with Crippen molar-refractivity contribution in [3.63, 3.8) is 0 Å². The number of fused-ring (bicyclic) bond motifs is 1. The number of nitrogens with zero attached hydrogens (tertiary/aromatic N) is 1. The van der Waals surface area contributed by atoms with Gasteiger partial charge in [0.25, 0.3) is 0 Å². The van der Waals surface area contributed by atoms with Crippen LogP contribution >= 0.6 is 0 Å². The predicted octanol–water partition coefficient (Wildman–Crippen LogP) is 2.60. The zero-order valence-corrected chi connectivity index (χ0v) is 9.91. The van der Waals surface area contributed by atoms with E-state index in [-0.39, 0.29) is 6.04 Å². The molecule has 16 heavy (non-hydrogen) atoms. The summed E-state index contributed by atoms with van der Waals surface area (Å²) in [6.07, 6.45) is 5.64. The van der Waals surface area contributed by atoms with E-state index in [2.05, 4.69) is 18.0 Å². The van der Waals surface area contributed by atoms with Crippen LogP contribution in [0.4, 0.5) is 0 Å². The highest BCUT2D eigenvalue weighted by molar-refractivity contribution is 5.33. The minimum atomic E-state index is 0.0508. The van der Waals surface area contributed by atoms with E-state index in [0.29, 0.717) is 6.61 Å². The summed E-state index contributed by atoms with van der Waals surface area (Å²) >= 11 is 0. The van der Waals surface area contributed by atoms with Crippen LogP contribution in [0.25, 0.3) is 0 Å². The normalized spacial score (nSPS) is 19.0. The summed E-state index contributed by atoms with van der Waals surface area (Å²) < 4.78 is 5.53. The average molecular weight is 220 g/mol. The molecule has 0 bridgehead atoms. The summed E-state index contributed by atoms with van der Waals surface area (Å²) in [6.45, 7) is 2.93. The van der Waals surface area contributed by atoms with Crippen molar-refractivity contribution in [3.8, 4) is 5.75 Å². The molecular formula is C13H20N2O. The first-order chi connectivity index (χ1) is 7.81. The van der Waals surface area contributed by atoms with Gasteiger partial charge < -0.3 is 10.5 Å². The zero-order chi connectivity index (χ0) is 11.4. The van der Waals surface area contributed by atoms with Crippen LogP contribution in [0.15, 0.2) is 12.1 Å². The molecule has 0 aliphatic carbocycles. The fraction of sp³-hybridized carbons (Fsp3) is 0.615. The topological polar surface area (TPSA) is 48.1 Å². The van der Waals surface area contributed by atoms with Crippen molar-refractivity contribution in [1.82, 2.24) is 4.98 Å². The number of hydrogen-bond donors (Lipinski definition) is 1. The van der Waals surface area contributed by atoms with E-state index in [1.807, 2.05) is 6.07 Å². The Morgan fingerprint density at radius 2 is 2.31 bits per heavy atom. The second-order valence-corrected chi connectivity index (χ2v) is 4.39. The van der Waals surface area contributed by atoms with Gasteiger partial charge in [0.15, 0.2) is 0 Å². The van der Waals surface area contributed by atoms with Crippen LogP contribution in [0.3, 0.4) is 0 Å². The highest BCUT2D eigenvalue weighted by Gasteiger charge is 2.19. The fourth-order valence-corrected chi connectivity index (χ4v) is 2.02. The first-order valence-electron chi connectivity index (χ1n) is 6.19. The summed E-state index contributed by atoms with van der Waals surface area (Å²) in [5.74, 6) is 0.873. The van der Waals surface area contributed by atoms with Gasteiger partial charge in [-0.3, -0.25) is 4.98 Å². The van der Waals surface area contributed by atoms with Crippen molar-refractivity contribution in [2.45, 2.75) is 45.1 Å². The van der Waals surface area contributed by atoms with Crippen molar-refractivity contribution >= 4 is 0 Å². The molecule has 0 spiro atoms. The van der Waals surface area contributed by atoms with Crippen LogP contribution in [0.1, 0.15) is 50.0 Å². The summed E-state index contributed by atoms with van der Waals surface area (Å²) in [7, 11) is 0. The van der Waals surface area contributed by atoms with E-state index in [0.717, 1.165) is 30.0 Å². The van der Waals surface area contributed by atoms with Crippen molar-refractivity contribution in [1.29, 1.82) is 0 Å². The predicted molar refractivity (Wildman–Crippen MR) is 64.5 cm³/mol. The lowest BCUT2D eigenvalue weighted by atomic mass is 10.1. The van der Waals surface area contributed by atoms with E-state index in [9.17, 15) is 0 Å². The highest BCUT2D eigenvalue weighted by atomic mass is 16.5. The molecule has 2 N–H and O–H groups in total. The number of aryl methyl sites for hydroxylation is 1. The van der Waals surface area contributed by atoms with Gasteiger partial charge in [-0.2, -0.15) is 0 Å². The summed E-state index contributed by atoms with van der Waals surface area (Å²) in [4.78, 5) is 4.62. The number of ether oxygens (including phenoxy) is 1. The third-order valence-corrected chi connectivity index (χ3v) is 3.02. The van der Waals surface area contributed by atoms with Gasteiger partial charge in [-0.15, -0.1) is 0 Å². The SMILES string of the molecule is CCCCCc1ccc2c(n1)C(N)CCO2. The van der Waals surface area contributed by atoms with E-state index in [1.54, 1.807) is 0 Å². The van der Waals surface area contributed by atoms with Crippen LogP contribution < -0.4 is 10.5 Å². The maximum Gasteiger partial charge on any atom is 0.142 e. The molecule has 0 radical (unpaired) electrons. The number of hydrogen-bond acceptors (Lipinski definition) is 3. The maximum absolute atomic E-state index is 6.03. The van der Waals surface area contributed by atoms with Crippen molar-refractivity contribution in [2.24, 2.45) is 5.73 Å². The van der Waals surface area contributed by atoms with E-state index in [1.165, 1.54) is 19.3 Å². The van der Waals surface area contributed by atoms with E-state index >= 15 is 0 Å².